The van der Waals surface area contributed by atoms with Crippen LogP contribution in [0, 0.1) is 0 Å². The Morgan fingerprint density at radius 1 is 1.11 bits per heavy atom. The number of nitrogens with zero attached hydrogens (tertiary/aromatic N) is 1. The summed E-state index contributed by atoms with van der Waals surface area (Å²) in [5.41, 5.74) is 1.04. The molecule has 1 N–H and O–H groups in total. The van der Waals surface area contributed by atoms with Gasteiger partial charge in [0, 0.05) is 18.8 Å². The van der Waals surface area contributed by atoms with Crippen LogP contribution < -0.4 is 10.2 Å². The Kier molecular flexibility index (Phi) is 5.09. The standard InChI is InChI=1S/C9H10Cl2N2.C3H6O2/c10-9(11)12-6-7-13(9)8-4-2-1-3-5-8;1-2-5-3-4-1/h1-5,12H,6-7H2;1-3H2. The molecule has 0 amide bonds. The predicted molar refractivity (Wildman–Crippen MR) is 73.0 cm³/mol. The van der Waals surface area contributed by atoms with Crippen molar-refractivity contribution in [2.45, 2.75) is 4.58 Å². The molecule has 0 spiro atoms. The van der Waals surface area contributed by atoms with Gasteiger partial charge in [-0.1, -0.05) is 41.4 Å². The summed E-state index contributed by atoms with van der Waals surface area (Å²) in [5, 5.41) is 3.00. The molecule has 4 nitrogen and oxygen atoms in total. The molecule has 2 heterocycles. The Labute approximate surface area is 117 Å². The van der Waals surface area contributed by atoms with Crippen LogP contribution in [-0.4, -0.2) is 37.7 Å². The molecule has 1 aromatic carbocycles. The number of alkyl halides is 2. The molecule has 2 aliphatic heterocycles. The molecule has 0 unspecified atom stereocenters. The minimum absolute atomic E-state index is 0.500. The van der Waals surface area contributed by atoms with Crippen molar-refractivity contribution in [2.75, 3.05) is 38.0 Å². The Bertz CT molecular complexity index is 351. The minimum atomic E-state index is -0.957. The number of benzene rings is 1. The summed E-state index contributed by atoms with van der Waals surface area (Å²) in [5.74, 6) is 0. The number of hydrogen-bond donors (Lipinski definition) is 1. The van der Waals surface area contributed by atoms with E-state index in [9.17, 15) is 0 Å². The van der Waals surface area contributed by atoms with Gasteiger partial charge in [-0.2, -0.15) is 0 Å². The Morgan fingerprint density at radius 2 is 1.78 bits per heavy atom. The molecule has 0 radical (unpaired) electrons. The maximum atomic E-state index is 6.05. The van der Waals surface area contributed by atoms with E-state index in [1.54, 1.807) is 0 Å². The molecule has 2 saturated heterocycles. The molecular formula is C12H16Cl2N2O2. The molecule has 0 atom stereocenters. The number of hydrogen-bond acceptors (Lipinski definition) is 4. The highest BCUT2D eigenvalue weighted by Crippen LogP contribution is 2.31. The Morgan fingerprint density at radius 3 is 2.22 bits per heavy atom. The second-order valence-corrected chi connectivity index (χ2v) is 5.18. The van der Waals surface area contributed by atoms with E-state index in [2.05, 4.69) is 5.32 Å². The maximum absolute atomic E-state index is 6.05. The first-order valence-corrected chi connectivity index (χ1v) is 6.57. The van der Waals surface area contributed by atoms with Gasteiger partial charge in [0.2, 0.25) is 4.58 Å². The lowest BCUT2D eigenvalue weighted by Gasteiger charge is -2.28. The largest absolute Gasteiger partial charge is 0.353 e. The molecular weight excluding hydrogens is 275 g/mol. The van der Waals surface area contributed by atoms with Gasteiger partial charge >= 0.3 is 0 Å². The lowest BCUT2D eigenvalue weighted by Crippen LogP contribution is -2.40. The quantitative estimate of drug-likeness (QED) is 0.635. The highest BCUT2D eigenvalue weighted by atomic mass is 35.5. The first-order chi connectivity index (χ1) is 8.70. The van der Waals surface area contributed by atoms with E-state index < -0.39 is 4.58 Å². The van der Waals surface area contributed by atoms with Crippen LogP contribution in [0.3, 0.4) is 0 Å². The lowest BCUT2D eigenvalue weighted by molar-refractivity contribution is 0.0692. The van der Waals surface area contributed by atoms with Crippen molar-refractivity contribution in [3.05, 3.63) is 30.3 Å². The molecule has 18 heavy (non-hydrogen) atoms. The number of halogens is 2. The van der Waals surface area contributed by atoms with Crippen molar-refractivity contribution in [3.8, 4) is 0 Å². The fraction of sp³-hybridized carbons (Fsp3) is 0.500. The van der Waals surface area contributed by atoms with Gasteiger partial charge in [-0.15, -0.1) is 0 Å². The molecule has 0 aliphatic carbocycles. The normalized spacial score (nSPS) is 21.6. The van der Waals surface area contributed by atoms with Gasteiger partial charge in [-0.25, -0.2) is 0 Å². The molecule has 100 valence electrons. The molecule has 0 saturated carbocycles. The highest BCUT2D eigenvalue weighted by molar-refractivity contribution is 6.49. The summed E-state index contributed by atoms with van der Waals surface area (Å²) in [6.45, 7) is 3.69. The molecule has 3 rings (SSSR count). The van der Waals surface area contributed by atoms with Crippen molar-refractivity contribution in [3.63, 3.8) is 0 Å². The van der Waals surface area contributed by atoms with Crippen molar-refractivity contribution >= 4 is 28.9 Å². The second kappa shape index (κ2) is 6.59. The zero-order chi connectivity index (χ0) is 12.8. The summed E-state index contributed by atoms with van der Waals surface area (Å²) >= 11 is 12.1. The van der Waals surface area contributed by atoms with Crippen LogP contribution in [0.15, 0.2) is 30.3 Å². The highest BCUT2D eigenvalue weighted by Gasteiger charge is 2.36. The maximum Gasteiger partial charge on any atom is 0.247 e. The molecule has 6 heteroatoms. The smallest absolute Gasteiger partial charge is 0.247 e. The van der Waals surface area contributed by atoms with Gasteiger partial charge in [-0.3, -0.25) is 5.32 Å². The second-order valence-electron chi connectivity index (χ2n) is 3.89. The summed E-state index contributed by atoms with van der Waals surface area (Å²) in [4.78, 5) is 1.93. The van der Waals surface area contributed by atoms with Crippen LogP contribution in [0.4, 0.5) is 5.69 Å². The summed E-state index contributed by atoms with van der Waals surface area (Å²) in [7, 11) is 0. The van der Waals surface area contributed by atoms with E-state index >= 15 is 0 Å². The molecule has 2 aliphatic rings. The third-order valence-electron chi connectivity index (χ3n) is 2.62. The van der Waals surface area contributed by atoms with E-state index in [-0.39, 0.29) is 0 Å². The molecule has 0 aromatic heterocycles. The Hall–Kier alpha value is -0.520. The van der Waals surface area contributed by atoms with Gasteiger partial charge in [0.25, 0.3) is 0 Å². The van der Waals surface area contributed by atoms with Gasteiger partial charge in [0.15, 0.2) is 0 Å². The number of anilines is 1. The van der Waals surface area contributed by atoms with Crippen LogP contribution in [0.1, 0.15) is 0 Å². The van der Waals surface area contributed by atoms with Crippen molar-refractivity contribution < 1.29 is 9.47 Å². The van der Waals surface area contributed by atoms with Crippen LogP contribution >= 0.6 is 23.2 Å². The molecule has 0 bridgehead atoms. The molecule has 1 aromatic rings. The van der Waals surface area contributed by atoms with Gasteiger partial charge in [0.05, 0.1) is 13.2 Å². The van der Waals surface area contributed by atoms with Gasteiger partial charge < -0.3 is 14.4 Å². The third-order valence-corrected chi connectivity index (χ3v) is 3.29. The van der Waals surface area contributed by atoms with Crippen molar-refractivity contribution in [2.24, 2.45) is 0 Å². The molecule has 2 fully saturated rings. The lowest BCUT2D eigenvalue weighted by atomic mass is 10.3. The number of nitrogens with one attached hydrogen (secondary N) is 1. The predicted octanol–water partition coefficient (Wildman–Crippen LogP) is 2.18. The SMILES string of the molecule is C1COCO1.ClC1(Cl)NCCN1c1ccccc1. The van der Waals surface area contributed by atoms with Crippen LogP contribution in [-0.2, 0) is 9.47 Å². The van der Waals surface area contributed by atoms with Crippen molar-refractivity contribution in [1.82, 2.24) is 5.32 Å². The van der Waals surface area contributed by atoms with E-state index in [0.717, 1.165) is 32.0 Å². The third kappa shape index (κ3) is 3.73. The number of rotatable bonds is 1. The summed E-state index contributed by atoms with van der Waals surface area (Å²) < 4.78 is 8.49. The van der Waals surface area contributed by atoms with E-state index in [0.29, 0.717) is 6.79 Å². The van der Waals surface area contributed by atoms with Crippen LogP contribution in [0.5, 0.6) is 0 Å². The van der Waals surface area contributed by atoms with E-state index in [1.807, 2.05) is 35.2 Å². The van der Waals surface area contributed by atoms with Gasteiger partial charge in [-0.05, 0) is 12.1 Å². The van der Waals surface area contributed by atoms with Gasteiger partial charge in [0.1, 0.15) is 6.79 Å². The fourth-order valence-electron chi connectivity index (χ4n) is 1.75. The summed E-state index contributed by atoms with van der Waals surface area (Å²) in [6.07, 6.45) is 0. The number of ether oxygens (including phenoxy) is 2. The average molecular weight is 291 g/mol. The first kappa shape index (κ1) is 13.9. The average Bonchev–Trinajstić information content (AvgIpc) is 3.02. The first-order valence-electron chi connectivity index (χ1n) is 5.81. The van der Waals surface area contributed by atoms with E-state index in [1.165, 1.54) is 0 Å². The minimum Gasteiger partial charge on any atom is -0.353 e. The summed E-state index contributed by atoms with van der Waals surface area (Å²) in [6, 6.07) is 9.89. The zero-order valence-corrected chi connectivity index (χ0v) is 11.5. The Balaban J connectivity index is 0.000000202. The fourth-order valence-corrected chi connectivity index (χ4v) is 2.30. The number of para-hydroxylation sites is 1. The topological polar surface area (TPSA) is 33.7 Å². The zero-order valence-electron chi connectivity index (χ0n) is 9.94. The van der Waals surface area contributed by atoms with Crippen LogP contribution in [0.2, 0.25) is 0 Å². The monoisotopic (exact) mass is 290 g/mol. The van der Waals surface area contributed by atoms with Crippen LogP contribution in [0.25, 0.3) is 0 Å². The van der Waals surface area contributed by atoms with E-state index in [4.69, 9.17) is 32.7 Å². The van der Waals surface area contributed by atoms with Crippen molar-refractivity contribution in [1.29, 1.82) is 0 Å².